The van der Waals surface area contributed by atoms with Crippen LogP contribution >= 0.6 is 0 Å². The minimum absolute atomic E-state index is 0.144. The van der Waals surface area contributed by atoms with Crippen molar-refractivity contribution in [1.29, 1.82) is 0 Å². The van der Waals surface area contributed by atoms with Crippen LogP contribution in [0.5, 0.6) is 5.75 Å². The third-order valence-corrected chi connectivity index (χ3v) is 3.34. The van der Waals surface area contributed by atoms with Gasteiger partial charge in [-0.25, -0.2) is 13.8 Å². The van der Waals surface area contributed by atoms with Crippen LogP contribution in [0, 0.1) is 17.5 Å². The van der Waals surface area contributed by atoms with E-state index in [1.807, 2.05) is 6.92 Å². The molecule has 0 aliphatic heterocycles. The third kappa shape index (κ3) is 1.94. The minimum Gasteiger partial charge on any atom is -0.503 e. The van der Waals surface area contributed by atoms with Crippen LogP contribution < -0.4 is 0 Å². The molecule has 0 saturated carbocycles. The van der Waals surface area contributed by atoms with Crippen molar-refractivity contribution in [2.45, 2.75) is 13.5 Å². The van der Waals surface area contributed by atoms with Crippen molar-refractivity contribution in [1.82, 2.24) is 9.55 Å². The number of rotatable bonds is 2. The lowest BCUT2D eigenvalue weighted by molar-refractivity contribution is 0.377. The summed E-state index contributed by atoms with van der Waals surface area (Å²) in [6.07, 6.45) is 0. The highest BCUT2D eigenvalue weighted by Crippen LogP contribution is 2.33. The fourth-order valence-corrected chi connectivity index (χ4v) is 2.35. The van der Waals surface area contributed by atoms with Crippen LogP contribution in [-0.4, -0.2) is 14.7 Å². The number of aromatic hydroxyl groups is 1. The number of hydrogen-bond acceptors (Lipinski definition) is 2. The molecule has 6 heteroatoms. The maximum atomic E-state index is 14.1. The van der Waals surface area contributed by atoms with E-state index in [0.29, 0.717) is 18.1 Å². The lowest BCUT2D eigenvalue weighted by Crippen LogP contribution is -2.01. The average Bonchev–Trinajstić information content (AvgIpc) is 2.87. The summed E-state index contributed by atoms with van der Waals surface area (Å²) in [5.74, 6) is -5.34. The largest absolute Gasteiger partial charge is 0.503 e. The molecule has 0 aliphatic rings. The first-order chi connectivity index (χ1) is 10.0. The molecule has 21 heavy (non-hydrogen) atoms. The van der Waals surface area contributed by atoms with Crippen LogP contribution in [0.3, 0.4) is 0 Å². The molecule has 2 aromatic carbocycles. The Labute approximate surface area is 118 Å². The predicted octanol–water partition coefficient (Wildman–Crippen LogP) is 3.85. The van der Waals surface area contributed by atoms with Crippen molar-refractivity contribution in [2.24, 2.45) is 0 Å². The Balaban J connectivity index is 2.35. The predicted molar refractivity (Wildman–Crippen MR) is 72.4 cm³/mol. The Morgan fingerprint density at radius 3 is 2.57 bits per heavy atom. The summed E-state index contributed by atoms with van der Waals surface area (Å²) in [5, 5.41) is 9.34. The van der Waals surface area contributed by atoms with Gasteiger partial charge < -0.3 is 9.67 Å². The summed E-state index contributed by atoms with van der Waals surface area (Å²) >= 11 is 0. The molecule has 1 aromatic heterocycles. The second-order valence-corrected chi connectivity index (χ2v) is 4.55. The molecule has 0 amide bonds. The molecule has 0 aliphatic carbocycles. The second kappa shape index (κ2) is 4.80. The molecule has 1 N–H and O–H groups in total. The molecule has 3 aromatic rings. The van der Waals surface area contributed by atoms with Gasteiger partial charge in [0.2, 0.25) is 5.82 Å². The number of fused-ring (bicyclic) bond motifs is 1. The monoisotopic (exact) mass is 292 g/mol. The number of imidazole rings is 1. The second-order valence-electron chi connectivity index (χ2n) is 4.55. The van der Waals surface area contributed by atoms with Gasteiger partial charge in [-0.15, -0.1) is 0 Å². The number of aromatic nitrogens is 2. The summed E-state index contributed by atoms with van der Waals surface area (Å²) < 4.78 is 42.4. The maximum Gasteiger partial charge on any atom is 0.203 e. The standard InChI is InChI=1S/C15H11F3N2O/c1-2-20-11-6-4-3-5-10(11)19-15(20)8-7-9(16)13(18)14(21)12(8)17/h3-7,21H,2H2,1H3. The van der Waals surface area contributed by atoms with Gasteiger partial charge in [-0.3, -0.25) is 0 Å². The van der Waals surface area contributed by atoms with Gasteiger partial charge in [0.15, 0.2) is 17.4 Å². The van der Waals surface area contributed by atoms with Gasteiger partial charge >= 0.3 is 0 Å². The number of hydrogen-bond donors (Lipinski definition) is 1. The Morgan fingerprint density at radius 2 is 1.86 bits per heavy atom. The number of para-hydroxylation sites is 2. The molecule has 3 nitrogen and oxygen atoms in total. The fourth-order valence-electron chi connectivity index (χ4n) is 2.35. The van der Waals surface area contributed by atoms with E-state index in [9.17, 15) is 18.3 Å². The summed E-state index contributed by atoms with van der Waals surface area (Å²) in [4.78, 5) is 4.25. The van der Waals surface area contributed by atoms with Crippen molar-refractivity contribution >= 4 is 11.0 Å². The zero-order valence-corrected chi connectivity index (χ0v) is 11.1. The zero-order valence-electron chi connectivity index (χ0n) is 11.1. The highest BCUT2D eigenvalue weighted by molar-refractivity contribution is 5.81. The van der Waals surface area contributed by atoms with Gasteiger partial charge in [0, 0.05) is 6.54 Å². The highest BCUT2D eigenvalue weighted by atomic mass is 19.2. The van der Waals surface area contributed by atoms with Gasteiger partial charge in [0.1, 0.15) is 5.82 Å². The molecule has 108 valence electrons. The Kier molecular flexibility index (Phi) is 3.08. The molecule has 0 unspecified atom stereocenters. The van der Waals surface area contributed by atoms with Crippen LogP contribution in [0.25, 0.3) is 22.4 Å². The van der Waals surface area contributed by atoms with Crippen LogP contribution in [0.2, 0.25) is 0 Å². The summed E-state index contributed by atoms with van der Waals surface area (Å²) in [6, 6.07) is 7.82. The van der Waals surface area contributed by atoms with Crippen molar-refractivity contribution < 1.29 is 18.3 Å². The number of halogens is 3. The molecule has 0 spiro atoms. The van der Waals surface area contributed by atoms with Crippen LogP contribution in [-0.2, 0) is 6.54 Å². The van der Waals surface area contributed by atoms with Crippen LogP contribution in [0.1, 0.15) is 6.92 Å². The lowest BCUT2D eigenvalue weighted by atomic mass is 10.1. The maximum absolute atomic E-state index is 14.1. The Bertz CT molecular complexity index is 843. The topological polar surface area (TPSA) is 38.0 Å². The van der Waals surface area contributed by atoms with Gasteiger partial charge in [0.05, 0.1) is 16.6 Å². The zero-order chi connectivity index (χ0) is 15.1. The van der Waals surface area contributed by atoms with E-state index in [4.69, 9.17) is 0 Å². The number of aryl methyl sites for hydroxylation is 1. The lowest BCUT2D eigenvalue weighted by Gasteiger charge is -2.09. The van der Waals surface area contributed by atoms with Crippen molar-refractivity contribution in [3.05, 3.63) is 47.8 Å². The summed E-state index contributed by atoms with van der Waals surface area (Å²) in [6.45, 7) is 2.30. The smallest absolute Gasteiger partial charge is 0.203 e. The van der Waals surface area contributed by atoms with Crippen molar-refractivity contribution in [3.63, 3.8) is 0 Å². The van der Waals surface area contributed by atoms with E-state index >= 15 is 0 Å². The average molecular weight is 292 g/mol. The van der Waals surface area contributed by atoms with Crippen LogP contribution in [0.15, 0.2) is 30.3 Å². The molecule has 3 rings (SSSR count). The normalized spacial score (nSPS) is 11.2. The SMILES string of the molecule is CCn1c(-c2cc(F)c(F)c(O)c2F)nc2ccccc21. The molecular formula is C15H11F3N2O. The minimum atomic E-state index is -1.60. The van der Waals surface area contributed by atoms with Gasteiger partial charge in [-0.2, -0.15) is 4.39 Å². The molecular weight excluding hydrogens is 281 g/mol. The van der Waals surface area contributed by atoms with Gasteiger partial charge in [-0.05, 0) is 25.1 Å². The quantitative estimate of drug-likeness (QED) is 0.729. The summed E-state index contributed by atoms with van der Waals surface area (Å²) in [5.41, 5.74) is 1.08. The van der Waals surface area contributed by atoms with E-state index in [1.165, 1.54) is 0 Å². The van der Waals surface area contributed by atoms with Crippen LogP contribution in [0.4, 0.5) is 13.2 Å². The molecule has 0 fully saturated rings. The number of nitrogens with zero attached hydrogens (tertiary/aromatic N) is 2. The number of phenolic OH excluding ortho intramolecular Hbond substituents is 1. The van der Waals surface area contributed by atoms with E-state index in [1.54, 1.807) is 28.8 Å². The molecule has 0 saturated heterocycles. The summed E-state index contributed by atoms with van der Waals surface area (Å²) in [7, 11) is 0. The van der Waals surface area contributed by atoms with E-state index in [0.717, 1.165) is 5.52 Å². The molecule has 0 bridgehead atoms. The van der Waals surface area contributed by atoms with Gasteiger partial charge in [0.25, 0.3) is 0 Å². The van der Waals surface area contributed by atoms with Crippen molar-refractivity contribution in [3.8, 4) is 17.1 Å². The Morgan fingerprint density at radius 1 is 1.14 bits per heavy atom. The first-order valence-electron chi connectivity index (χ1n) is 6.36. The number of benzene rings is 2. The molecule has 0 atom stereocenters. The first kappa shape index (κ1) is 13.5. The van der Waals surface area contributed by atoms with E-state index < -0.39 is 23.2 Å². The van der Waals surface area contributed by atoms with E-state index in [2.05, 4.69) is 4.98 Å². The Hall–Kier alpha value is -2.50. The number of phenols is 1. The fraction of sp³-hybridized carbons (Fsp3) is 0.133. The van der Waals surface area contributed by atoms with Gasteiger partial charge in [-0.1, -0.05) is 12.1 Å². The first-order valence-corrected chi connectivity index (χ1v) is 6.36. The van der Waals surface area contributed by atoms with Crippen molar-refractivity contribution in [2.75, 3.05) is 0 Å². The third-order valence-electron chi connectivity index (χ3n) is 3.34. The molecule has 1 heterocycles. The van der Waals surface area contributed by atoms with E-state index in [-0.39, 0.29) is 11.4 Å². The molecule has 0 radical (unpaired) electrons. The highest BCUT2D eigenvalue weighted by Gasteiger charge is 2.22.